The predicted octanol–water partition coefficient (Wildman–Crippen LogP) is 2.91. The van der Waals surface area contributed by atoms with Crippen LogP contribution in [-0.2, 0) is 0 Å². The van der Waals surface area contributed by atoms with Crippen molar-refractivity contribution >= 4 is 0 Å². The minimum absolute atomic E-state index is 0.921. The lowest BCUT2D eigenvalue weighted by atomic mass is 9.83. The topological polar surface area (TPSA) is 3.24 Å². The molecule has 0 aromatic heterocycles. The Bertz CT molecular complexity index is 116. The fraction of sp³-hybridized carbons (Fsp3) is 1.00. The van der Waals surface area contributed by atoms with Crippen LogP contribution in [-0.4, -0.2) is 24.5 Å². The van der Waals surface area contributed by atoms with E-state index in [1.165, 1.54) is 38.6 Å². The monoisotopic (exact) mass is 169 g/mol. The van der Waals surface area contributed by atoms with Gasteiger partial charge in [-0.2, -0.15) is 0 Å². The van der Waals surface area contributed by atoms with E-state index in [1.54, 1.807) is 0 Å². The molecule has 1 heterocycles. The van der Waals surface area contributed by atoms with Crippen molar-refractivity contribution in [3.8, 4) is 0 Å². The summed E-state index contributed by atoms with van der Waals surface area (Å²) in [7, 11) is 2.27. The first-order valence-corrected chi connectivity index (χ1v) is 5.49. The highest BCUT2D eigenvalue weighted by Crippen LogP contribution is 2.29. The van der Waals surface area contributed by atoms with Crippen LogP contribution in [0.4, 0.5) is 0 Å². The zero-order valence-corrected chi connectivity index (χ0v) is 8.84. The number of nitrogens with zero attached hydrogens (tertiary/aromatic N) is 1. The standard InChI is InChI=1S/C11H23N/c1-4-6-10(7-5-2)11-8-9-12(11)3/h10-11H,4-9H2,1-3H3. The Kier molecular flexibility index (Phi) is 4.07. The molecule has 0 saturated carbocycles. The lowest BCUT2D eigenvalue weighted by molar-refractivity contribution is 0.0640. The van der Waals surface area contributed by atoms with Crippen LogP contribution in [0, 0.1) is 5.92 Å². The summed E-state index contributed by atoms with van der Waals surface area (Å²) in [6.07, 6.45) is 7.02. The molecule has 1 heteroatoms. The molecule has 0 radical (unpaired) electrons. The Balaban J connectivity index is 2.30. The maximum absolute atomic E-state index is 2.52. The molecule has 0 bridgehead atoms. The minimum Gasteiger partial charge on any atom is -0.303 e. The van der Waals surface area contributed by atoms with Gasteiger partial charge in [0.1, 0.15) is 0 Å². The van der Waals surface area contributed by atoms with Gasteiger partial charge in [-0.3, -0.25) is 0 Å². The average molecular weight is 169 g/mol. The molecule has 1 rings (SSSR count). The van der Waals surface area contributed by atoms with Gasteiger partial charge in [0, 0.05) is 6.04 Å². The van der Waals surface area contributed by atoms with E-state index in [-0.39, 0.29) is 0 Å². The van der Waals surface area contributed by atoms with Gasteiger partial charge in [0.05, 0.1) is 0 Å². The maximum atomic E-state index is 2.52. The molecule has 1 atom stereocenters. The molecule has 1 fully saturated rings. The summed E-state index contributed by atoms with van der Waals surface area (Å²) in [5.41, 5.74) is 0. The molecular formula is C11H23N. The highest BCUT2D eigenvalue weighted by Gasteiger charge is 2.30. The van der Waals surface area contributed by atoms with Gasteiger partial charge in [0.15, 0.2) is 0 Å². The summed E-state index contributed by atoms with van der Waals surface area (Å²) in [5.74, 6) is 0.985. The second-order valence-corrected chi connectivity index (χ2v) is 4.17. The summed E-state index contributed by atoms with van der Waals surface area (Å²) >= 11 is 0. The van der Waals surface area contributed by atoms with Crippen molar-refractivity contribution in [2.75, 3.05) is 13.6 Å². The fourth-order valence-electron chi connectivity index (χ4n) is 2.40. The molecule has 0 aromatic carbocycles. The van der Waals surface area contributed by atoms with E-state index < -0.39 is 0 Å². The van der Waals surface area contributed by atoms with Gasteiger partial charge in [-0.25, -0.2) is 0 Å². The minimum atomic E-state index is 0.921. The fourth-order valence-corrected chi connectivity index (χ4v) is 2.40. The van der Waals surface area contributed by atoms with Crippen LogP contribution in [0.5, 0.6) is 0 Å². The molecule has 0 aliphatic carbocycles. The Labute approximate surface area is 77.1 Å². The first-order chi connectivity index (χ1) is 5.79. The third-order valence-electron chi connectivity index (χ3n) is 3.21. The summed E-state index contributed by atoms with van der Waals surface area (Å²) in [4.78, 5) is 2.52. The molecule has 1 aliphatic heterocycles. The lowest BCUT2D eigenvalue weighted by Crippen LogP contribution is -2.49. The quantitative estimate of drug-likeness (QED) is 0.611. The molecule has 0 aromatic rings. The maximum Gasteiger partial charge on any atom is 0.0133 e. The van der Waals surface area contributed by atoms with Crippen molar-refractivity contribution in [3.05, 3.63) is 0 Å². The average Bonchev–Trinajstić information content (AvgIpc) is 2.03. The molecule has 1 aliphatic rings. The SMILES string of the molecule is CCCC(CCC)C1CCN1C. The van der Waals surface area contributed by atoms with Gasteiger partial charge in [-0.1, -0.05) is 26.7 Å². The summed E-state index contributed by atoms with van der Waals surface area (Å²) in [6, 6.07) is 0.921. The van der Waals surface area contributed by atoms with Crippen molar-refractivity contribution in [3.63, 3.8) is 0 Å². The molecule has 72 valence electrons. The Morgan fingerprint density at radius 3 is 2.08 bits per heavy atom. The first-order valence-electron chi connectivity index (χ1n) is 5.49. The van der Waals surface area contributed by atoms with E-state index in [2.05, 4.69) is 25.8 Å². The lowest BCUT2D eigenvalue weighted by Gasteiger charge is -2.43. The van der Waals surface area contributed by atoms with Crippen LogP contribution in [0.2, 0.25) is 0 Å². The van der Waals surface area contributed by atoms with Crippen molar-refractivity contribution in [2.45, 2.75) is 52.0 Å². The molecule has 12 heavy (non-hydrogen) atoms. The molecule has 0 N–H and O–H groups in total. The third kappa shape index (κ3) is 2.22. The van der Waals surface area contributed by atoms with E-state index in [4.69, 9.17) is 0 Å². The molecule has 1 saturated heterocycles. The zero-order chi connectivity index (χ0) is 8.97. The number of hydrogen-bond donors (Lipinski definition) is 0. The van der Waals surface area contributed by atoms with Crippen LogP contribution in [0.3, 0.4) is 0 Å². The number of rotatable bonds is 5. The second-order valence-electron chi connectivity index (χ2n) is 4.17. The highest BCUT2D eigenvalue weighted by molar-refractivity contribution is 4.85. The highest BCUT2D eigenvalue weighted by atomic mass is 15.2. The van der Waals surface area contributed by atoms with E-state index >= 15 is 0 Å². The summed E-state index contributed by atoms with van der Waals surface area (Å²) in [5, 5.41) is 0. The molecule has 0 spiro atoms. The summed E-state index contributed by atoms with van der Waals surface area (Å²) in [6.45, 7) is 5.94. The van der Waals surface area contributed by atoms with Crippen molar-refractivity contribution < 1.29 is 0 Å². The van der Waals surface area contributed by atoms with E-state index in [1.807, 2.05) is 0 Å². The van der Waals surface area contributed by atoms with Crippen LogP contribution < -0.4 is 0 Å². The van der Waals surface area contributed by atoms with Gasteiger partial charge < -0.3 is 4.90 Å². The molecule has 1 nitrogen and oxygen atoms in total. The second kappa shape index (κ2) is 4.86. The van der Waals surface area contributed by atoms with E-state index in [0.717, 1.165) is 12.0 Å². The van der Waals surface area contributed by atoms with Crippen LogP contribution >= 0.6 is 0 Å². The molecule has 0 amide bonds. The van der Waals surface area contributed by atoms with Crippen molar-refractivity contribution in [1.82, 2.24) is 4.90 Å². The van der Waals surface area contributed by atoms with E-state index in [0.29, 0.717) is 0 Å². The van der Waals surface area contributed by atoms with Crippen molar-refractivity contribution in [2.24, 2.45) is 5.92 Å². The van der Waals surface area contributed by atoms with Gasteiger partial charge in [-0.15, -0.1) is 0 Å². The van der Waals surface area contributed by atoms with Crippen LogP contribution in [0.15, 0.2) is 0 Å². The van der Waals surface area contributed by atoms with Gasteiger partial charge in [0.2, 0.25) is 0 Å². The van der Waals surface area contributed by atoms with Crippen LogP contribution in [0.1, 0.15) is 46.0 Å². The Morgan fingerprint density at radius 1 is 1.25 bits per heavy atom. The Hall–Kier alpha value is -0.0400. The third-order valence-corrected chi connectivity index (χ3v) is 3.21. The smallest absolute Gasteiger partial charge is 0.0133 e. The number of hydrogen-bond acceptors (Lipinski definition) is 1. The van der Waals surface area contributed by atoms with Gasteiger partial charge in [-0.05, 0) is 38.8 Å². The Morgan fingerprint density at radius 2 is 1.83 bits per heavy atom. The summed E-state index contributed by atoms with van der Waals surface area (Å²) < 4.78 is 0. The normalized spacial score (nSPS) is 24.5. The van der Waals surface area contributed by atoms with Crippen LogP contribution in [0.25, 0.3) is 0 Å². The number of likely N-dealkylation sites (tertiary alicyclic amines) is 1. The largest absolute Gasteiger partial charge is 0.303 e. The van der Waals surface area contributed by atoms with Crippen molar-refractivity contribution in [1.29, 1.82) is 0 Å². The van der Waals surface area contributed by atoms with E-state index in [9.17, 15) is 0 Å². The van der Waals surface area contributed by atoms with Gasteiger partial charge in [0.25, 0.3) is 0 Å². The first kappa shape index (κ1) is 10.0. The van der Waals surface area contributed by atoms with Gasteiger partial charge >= 0.3 is 0 Å². The molecular weight excluding hydrogens is 146 g/mol. The zero-order valence-electron chi connectivity index (χ0n) is 8.84. The predicted molar refractivity (Wildman–Crippen MR) is 54.3 cm³/mol. The molecule has 1 unspecified atom stereocenters.